The van der Waals surface area contributed by atoms with Crippen molar-refractivity contribution < 1.29 is 9.18 Å². The number of benzene rings is 1. The highest BCUT2D eigenvalue weighted by Crippen LogP contribution is 2.24. The van der Waals surface area contributed by atoms with Crippen molar-refractivity contribution in [2.75, 3.05) is 11.9 Å². The molecule has 0 radical (unpaired) electrons. The Kier molecular flexibility index (Phi) is 4.55. The van der Waals surface area contributed by atoms with Gasteiger partial charge in [0.25, 0.3) is 5.56 Å². The number of carbonyl (C=O) groups is 1. The summed E-state index contributed by atoms with van der Waals surface area (Å²) in [5.41, 5.74) is 0.964. The molecule has 3 aromatic rings. The van der Waals surface area contributed by atoms with Crippen LogP contribution in [0.15, 0.2) is 21.7 Å². The summed E-state index contributed by atoms with van der Waals surface area (Å²) in [6.45, 7) is 1.32. The Morgan fingerprint density at radius 1 is 1.32 bits per heavy atom. The van der Waals surface area contributed by atoms with Crippen LogP contribution in [0.4, 0.5) is 10.1 Å². The largest absolute Gasteiger partial charge is 0.336 e. The summed E-state index contributed by atoms with van der Waals surface area (Å²) in [5, 5.41) is 5.78. The molecule has 4 rings (SSSR count). The van der Waals surface area contributed by atoms with Crippen LogP contribution >= 0.6 is 0 Å². The van der Waals surface area contributed by atoms with Gasteiger partial charge >= 0.3 is 5.69 Å². The lowest BCUT2D eigenvalue weighted by Gasteiger charge is -2.19. The number of hydrogen-bond donors (Lipinski definition) is 4. The maximum absolute atomic E-state index is 14.6. The minimum Gasteiger partial charge on any atom is -0.336 e. The van der Waals surface area contributed by atoms with E-state index in [1.807, 2.05) is 6.07 Å². The highest BCUT2D eigenvalue weighted by Gasteiger charge is 2.18. The van der Waals surface area contributed by atoms with Crippen molar-refractivity contribution in [2.45, 2.75) is 25.8 Å². The smallest absolute Gasteiger partial charge is 0.329 e. The molecule has 0 atom stereocenters. The first-order chi connectivity index (χ1) is 13.4. The van der Waals surface area contributed by atoms with Crippen LogP contribution in [0.1, 0.15) is 23.4 Å². The summed E-state index contributed by atoms with van der Waals surface area (Å²) in [6.07, 6.45) is 0.839. The number of aryl methyl sites for hydroxylation is 2. The summed E-state index contributed by atoms with van der Waals surface area (Å²) >= 11 is 0. The molecule has 1 aliphatic rings. The molecule has 146 valence electrons. The molecule has 0 fully saturated rings. The third kappa shape index (κ3) is 3.22. The van der Waals surface area contributed by atoms with Crippen LogP contribution in [0.3, 0.4) is 0 Å². The Bertz CT molecular complexity index is 1190. The highest BCUT2D eigenvalue weighted by molar-refractivity contribution is 5.91. The Labute approximate surface area is 158 Å². The Morgan fingerprint density at radius 2 is 2.14 bits per heavy atom. The number of aromatic nitrogens is 4. The van der Waals surface area contributed by atoms with E-state index in [9.17, 15) is 18.8 Å². The fourth-order valence-corrected chi connectivity index (χ4v) is 3.35. The lowest BCUT2D eigenvalue weighted by Crippen LogP contribution is -2.28. The zero-order valence-corrected chi connectivity index (χ0v) is 15.2. The molecule has 0 saturated carbocycles. The minimum atomic E-state index is -0.564. The molecule has 28 heavy (non-hydrogen) atoms. The molecule has 0 aliphatic carbocycles. The van der Waals surface area contributed by atoms with Crippen molar-refractivity contribution in [3.05, 3.63) is 55.7 Å². The van der Waals surface area contributed by atoms with Crippen molar-refractivity contribution >= 4 is 22.8 Å². The number of nitrogens with zero attached hydrogens (tertiary/aromatic N) is 2. The molecule has 0 bridgehead atoms. The van der Waals surface area contributed by atoms with E-state index in [1.54, 1.807) is 6.07 Å². The second-order valence-corrected chi connectivity index (χ2v) is 6.74. The first kappa shape index (κ1) is 18.1. The van der Waals surface area contributed by atoms with Gasteiger partial charge in [0.05, 0.1) is 5.69 Å². The van der Waals surface area contributed by atoms with E-state index in [4.69, 9.17) is 0 Å². The quantitative estimate of drug-likeness (QED) is 0.514. The lowest BCUT2D eigenvalue weighted by molar-refractivity contribution is -0.116. The molecule has 0 spiro atoms. The number of halogens is 1. The maximum atomic E-state index is 14.6. The van der Waals surface area contributed by atoms with Gasteiger partial charge in [0.2, 0.25) is 5.91 Å². The summed E-state index contributed by atoms with van der Waals surface area (Å²) < 4.78 is 15.8. The molecule has 1 aliphatic heterocycles. The van der Waals surface area contributed by atoms with Crippen molar-refractivity contribution in [3.63, 3.8) is 0 Å². The van der Waals surface area contributed by atoms with Gasteiger partial charge in [-0.1, -0.05) is 6.07 Å². The molecule has 0 unspecified atom stereocenters. The predicted molar refractivity (Wildman–Crippen MR) is 101 cm³/mol. The molecule has 10 heteroatoms. The number of anilines is 1. The topological polar surface area (TPSA) is 125 Å². The van der Waals surface area contributed by atoms with E-state index in [2.05, 4.69) is 25.6 Å². The molecule has 4 N–H and O–H groups in total. The van der Waals surface area contributed by atoms with E-state index in [-0.39, 0.29) is 35.6 Å². The fourth-order valence-electron chi connectivity index (χ4n) is 3.35. The van der Waals surface area contributed by atoms with Crippen LogP contribution in [0.25, 0.3) is 11.2 Å². The third-order valence-electron chi connectivity index (χ3n) is 4.87. The van der Waals surface area contributed by atoms with Gasteiger partial charge in [-0.25, -0.2) is 14.2 Å². The Balaban J connectivity index is 1.47. The standard InChI is InChI=1S/C18H19FN6O3/c1-25-16-15(17(27)24-18(25)28)22-12(23-16)4-5-13(26)21-11-3-2-9-8-20-7-6-10(9)14(11)19/h2-3,20H,4-8H2,1H3,(H,21,26)(H,22,23)(H,24,27,28). The zero-order valence-electron chi connectivity index (χ0n) is 15.2. The summed E-state index contributed by atoms with van der Waals surface area (Å²) in [5.74, 6) is -0.359. The maximum Gasteiger partial charge on any atom is 0.329 e. The van der Waals surface area contributed by atoms with Gasteiger partial charge in [-0.05, 0) is 30.2 Å². The van der Waals surface area contributed by atoms with E-state index in [1.165, 1.54) is 11.6 Å². The Morgan fingerprint density at radius 3 is 2.96 bits per heavy atom. The van der Waals surface area contributed by atoms with Crippen LogP contribution in [-0.2, 0) is 31.2 Å². The van der Waals surface area contributed by atoms with Gasteiger partial charge in [0.1, 0.15) is 17.2 Å². The van der Waals surface area contributed by atoms with Crippen LogP contribution < -0.4 is 21.9 Å². The number of fused-ring (bicyclic) bond motifs is 2. The van der Waals surface area contributed by atoms with Crippen molar-refractivity contribution in [2.24, 2.45) is 7.05 Å². The number of aromatic amines is 2. The molecular weight excluding hydrogens is 367 g/mol. The van der Waals surface area contributed by atoms with E-state index < -0.39 is 17.1 Å². The van der Waals surface area contributed by atoms with E-state index in [0.717, 1.165) is 5.56 Å². The molecule has 0 saturated heterocycles. The number of imidazole rings is 1. The molecule has 9 nitrogen and oxygen atoms in total. The number of nitrogens with one attached hydrogen (secondary N) is 4. The third-order valence-corrected chi connectivity index (χ3v) is 4.87. The zero-order chi connectivity index (χ0) is 19.8. The number of amides is 1. The Hall–Kier alpha value is -3.27. The fraction of sp³-hybridized carbons (Fsp3) is 0.333. The van der Waals surface area contributed by atoms with Crippen molar-refractivity contribution in [1.82, 2.24) is 24.8 Å². The molecule has 3 heterocycles. The summed E-state index contributed by atoms with van der Waals surface area (Å²) in [4.78, 5) is 44.9. The predicted octanol–water partition coefficient (Wildman–Crippen LogP) is 0.306. The van der Waals surface area contributed by atoms with Crippen molar-refractivity contribution in [1.29, 1.82) is 0 Å². The average molecular weight is 386 g/mol. The summed E-state index contributed by atoms with van der Waals surface area (Å²) in [7, 11) is 1.49. The van der Waals surface area contributed by atoms with Crippen LogP contribution in [0.2, 0.25) is 0 Å². The molecule has 1 aromatic carbocycles. The number of hydrogen-bond acceptors (Lipinski definition) is 5. The van der Waals surface area contributed by atoms with Crippen LogP contribution in [0.5, 0.6) is 0 Å². The summed E-state index contributed by atoms with van der Waals surface area (Å²) in [6, 6.07) is 3.38. The molecule has 2 aromatic heterocycles. The van der Waals surface area contributed by atoms with Gasteiger partial charge in [-0.15, -0.1) is 0 Å². The first-order valence-corrected chi connectivity index (χ1v) is 8.92. The monoisotopic (exact) mass is 386 g/mol. The van der Waals surface area contributed by atoms with E-state index >= 15 is 0 Å². The number of H-pyrrole nitrogens is 2. The first-order valence-electron chi connectivity index (χ1n) is 8.92. The number of rotatable bonds is 4. The van der Waals surface area contributed by atoms with Gasteiger partial charge in [0.15, 0.2) is 5.65 Å². The van der Waals surface area contributed by atoms with E-state index in [0.29, 0.717) is 30.9 Å². The highest BCUT2D eigenvalue weighted by atomic mass is 19.1. The van der Waals surface area contributed by atoms with Gasteiger partial charge in [-0.3, -0.25) is 19.1 Å². The molecular formula is C18H19FN6O3. The normalized spacial score (nSPS) is 13.5. The van der Waals surface area contributed by atoms with Gasteiger partial charge in [0, 0.05) is 26.4 Å². The van der Waals surface area contributed by atoms with Crippen LogP contribution in [0, 0.1) is 5.82 Å². The average Bonchev–Trinajstić information content (AvgIpc) is 3.12. The van der Waals surface area contributed by atoms with Crippen LogP contribution in [-0.4, -0.2) is 32.0 Å². The SMILES string of the molecule is Cn1c(=O)[nH]c(=O)c2[nH]c(CCC(=O)Nc3ccc4c(c3F)CCNC4)nc21. The second kappa shape index (κ2) is 7.04. The van der Waals surface area contributed by atoms with Gasteiger partial charge in [-0.2, -0.15) is 0 Å². The molecule has 1 amide bonds. The second-order valence-electron chi connectivity index (χ2n) is 6.74. The minimum absolute atomic E-state index is 0.0454. The van der Waals surface area contributed by atoms with Crippen molar-refractivity contribution in [3.8, 4) is 0 Å². The van der Waals surface area contributed by atoms with Gasteiger partial charge < -0.3 is 15.6 Å². The lowest BCUT2D eigenvalue weighted by atomic mass is 9.99. The number of carbonyl (C=O) groups excluding carboxylic acids is 1.